The monoisotopic (exact) mass is 169 g/mol. The number of rotatable bonds is 0. The maximum absolute atomic E-state index is 9.75. The second-order valence-electron chi connectivity index (χ2n) is 0.733. The maximum Gasteiger partial charge on any atom is 0.673 e. The Hall–Kier alpha value is -0.305. The van der Waals surface area contributed by atoms with Crippen LogP contribution in [-0.4, -0.2) is 20.2 Å². The molecule has 0 saturated heterocycles. The lowest BCUT2D eigenvalue weighted by Crippen LogP contribution is -2.02. The van der Waals surface area contributed by atoms with Gasteiger partial charge in [0.05, 0.1) is 0 Å². The highest BCUT2D eigenvalue weighted by Crippen LogP contribution is 2.06. The van der Waals surface area contributed by atoms with Gasteiger partial charge in [0.25, 0.3) is 11.0 Å². The maximum atomic E-state index is 9.75. The first-order valence-electron chi connectivity index (χ1n) is 1.44. The number of hydrogen-bond acceptors (Lipinski definition) is 2. The van der Waals surface area contributed by atoms with E-state index in [-0.39, 0.29) is 0 Å². The van der Waals surface area contributed by atoms with Crippen LogP contribution in [-0.2, 0) is 11.0 Å². The molecule has 0 aliphatic rings. The Bertz CT molecular complexity index is 110. The van der Waals surface area contributed by atoms with Gasteiger partial charge >= 0.3 is 7.25 Å². The van der Waals surface area contributed by atoms with Gasteiger partial charge in [-0.3, -0.25) is 4.55 Å². The standard InChI is InChI=1S/BF4.H2O3S/c2-1(3,4)5;1-4(2)3/h;4H,(H,1,2,3)/q-1;. The molecular formula is H2BF4O3S-. The molecule has 0 bridgehead atoms. The van der Waals surface area contributed by atoms with Gasteiger partial charge in [0, 0.05) is 0 Å². The summed E-state index contributed by atoms with van der Waals surface area (Å²) in [5, 5.41) is 0. The molecule has 0 radical (unpaired) electrons. The summed E-state index contributed by atoms with van der Waals surface area (Å²) >= 11 is 0. The molecule has 0 aliphatic heterocycles. The molecule has 0 saturated carbocycles. The molecule has 0 rings (SSSR count). The van der Waals surface area contributed by atoms with Gasteiger partial charge in [0.1, 0.15) is 0 Å². The molecular weight excluding hydrogens is 167 g/mol. The van der Waals surface area contributed by atoms with Crippen molar-refractivity contribution in [1.29, 1.82) is 0 Å². The van der Waals surface area contributed by atoms with Crippen molar-refractivity contribution in [3.8, 4) is 0 Å². The third-order valence-electron chi connectivity index (χ3n) is 0. The summed E-state index contributed by atoms with van der Waals surface area (Å²) in [7, 11) is -9.12. The van der Waals surface area contributed by atoms with E-state index < -0.39 is 18.2 Å². The SMILES string of the molecule is F[B-](F)(F)F.O=[SH](=O)O. The van der Waals surface area contributed by atoms with E-state index in [1.54, 1.807) is 0 Å². The fourth-order valence-electron chi connectivity index (χ4n) is 0. The Morgan fingerprint density at radius 1 is 1.11 bits per heavy atom. The minimum atomic E-state index is -6.00. The van der Waals surface area contributed by atoms with E-state index in [0.29, 0.717) is 0 Å². The van der Waals surface area contributed by atoms with Crippen LogP contribution in [0.1, 0.15) is 0 Å². The number of hydrogen-bond donors (Lipinski definition) is 2. The summed E-state index contributed by atoms with van der Waals surface area (Å²) in [6.45, 7) is 0. The largest absolute Gasteiger partial charge is 0.673 e. The van der Waals surface area contributed by atoms with Crippen LogP contribution in [0.2, 0.25) is 0 Å². The average Bonchev–Trinajstić information content (AvgIpc) is 1.19. The molecule has 9 heteroatoms. The van der Waals surface area contributed by atoms with Crippen LogP contribution in [0.3, 0.4) is 0 Å². The second-order valence-corrected chi connectivity index (χ2v) is 1.21. The highest BCUT2D eigenvalue weighted by Gasteiger charge is 2.20. The van der Waals surface area contributed by atoms with Gasteiger partial charge in [-0.15, -0.1) is 0 Å². The van der Waals surface area contributed by atoms with Crippen LogP contribution in [0, 0.1) is 0 Å². The van der Waals surface area contributed by atoms with Crippen LogP contribution in [0.4, 0.5) is 17.3 Å². The van der Waals surface area contributed by atoms with Crippen molar-refractivity contribution in [3.05, 3.63) is 0 Å². The summed E-state index contributed by atoms with van der Waals surface area (Å²) in [6, 6.07) is 0. The van der Waals surface area contributed by atoms with Gasteiger partial charge in [0.15, 0.2) is 0 Å². The zero-order chi connectivity index (χ0) is 8.08. The normalized spacial score (nSPS) is 10.4. The minimum Gasteiger partial charge on any atom is -0.418 e. The number of halogens is 4. The second kappa shape index (κ2) is 4.56. The van der Waals surface area contributed by atoms with Crippen LogP contribution >= 0.6 is 0 Å². The average molecular weight is 169 g/mol. The van der Waals surface area contributed by atoms with Crippen molar-refractivity contribution in [1.82, 2.24) is 0 Å². The number of thiol groups is 1. The van der Waals surface area contributed by atoms with Crippen molar-refractivity contribution in [2.45, 2.75) is 0 Å². The quantitative estimate of drug-likeness (QED) is 0.238. The molecule has 0 spiro atoms. The van der Waals surface area contributed by atoms with Crippen molar-refractivity contribution >= 4 is 18.2 Å². The summed E-state index contributed by atoms with van der Waals surface area (Å²) < 4.78 is 63.2. The lowest BCUT2D eigenvalue weighted by molar-refractivity contribution is 0.368. The molecule has 58 valence electrons. The Kier molecular flexibility index (Phi) is 5.82. The fourth-order valence-corrected chi connectivity index (χ4v) is 0. The molecule has 0 aromatic rings. The predicted molar refractivity (Wildman–Crippen MR) is 23.1 cm³/mol. The van der Waals surface area contributed by atoms with E-state index in [9.17, 15) is 17.3 Å². The molecule has 0 fully saturated rings. The topological polar surface area (TPSA) is 54.4 Å². The molecule has 0 heterocycles. The third kappa shape index (κ3) is 2680. The van der Waals surface area contributed by atoms with E-state index in [4.69, 9.17) is 13.0 Å². The van der Waals surface area contributed by atoms with Gasteiger partial charge in [-0.1, -0.05) is 0 Å². The van der Waals surface area contributed by atoms with Gasteiger partial charge in [-0.2, -0.15) is 0 Å². The van der Waals surface area contributed by atoms with Gasteiger partial charge in [-0.25, -0.2) is 8.42 Å². The Balaban J connectivity index is 0. The minimum absolute atomic E-state index is 3.12. The molecule has 0 atom stereocenters. The highest BCUT2D eigenvalue weighted by molar-refractivity contribution is 7.66. The first-order chi connectivity index (χ1) is 3.73. The Labute approximate surface area is 49.6 Å². The molecule has 9 heavy (non-hydrogen) atoms. The van der Waals surface area contributed by atoms with E-state index in [1.165, 1.54) is 0 Å². The molecule has 0 unspecified atom stereocenters. The zero-order valence-electron chi connectivity index (χ0n) is 3.80. The molecule has 0 aliphatic carbocycles. The first kappa shape index (κ1) is 11.5. The van der Waals surface area contributed by atoms with E-state index in [1.807, 2.05) is 0 Å². The molecule has 0 amide bonds. The van der Waals surface area contributed by atoms with Gasteiger partial charge in [0.2, 0.25) is 0 Å². The van der Waals surface area contributed by atoms with Crippen LogP contribution < -0.4 is 0 Å². The summed E-state index contributed by atoms with van der Waals surface area (Å²) in [5.41, 5.74) is 0. The lowest BCUT2D eigenvalue weighted by Gasteiger charge is -1.94. The molecule has 3 nitrogen and oxygen atoms in total. The molecule has 1 N–H and O–H groups in total. The van der Waals surface area contributed by atoms with Crippen molar-refractivity contribution in [3.63, 3.8) is 0 Å². The van der Waals surface area contributed by atoms with Crippen LogP contribution in [0.5, 0.6) is 0 Å². The van der Waals surface area contributed by atoms with Crippen molar-refractivity contribution in [2.75, 3.05) is 0 Å². The summed E-state index contributed by atoms with van der Waals surface area (Å²) in [4.78, 5) is 0. The Morgan fingerprint density at radius 2 is 1.11 bits per heavy atom. The predicted octanol–water partition coefficient (Wildman–Crippen LogP) is 0.371. The first-order valence-corrected chi connectivity index (χ1v) is 2.57. The fraction of sp³-hybridized carbons (Fsp3) is 0. The van der Waals surface area contributed by atoms with Crippen molar-refractivity contribution in [2.24, 2.45) is 0 Å². The van der Waals surface area contributed by atoms with Crippen molar-refractivity contribution < 1.29 is 30.2 Å². The van der Waals surface area contributed by atoms with Crippen LogP contribution in [0.15, 0.2) is 0 Å². The van der Waals surface area contributed by atoms with E-state index in [2.05, 4.69) is 0 Å². The molecule has 0 aromatic carbocycles. The highest BCUT2D eigenvalue weighted by atomic mass is 32.2. The van der Waals surface area contributed by atoms with Gasteiger partial charge < -0.3 is 17.3 Å². The van der Waals surface area contributed by atoms with Gasteiger partial charge in [-0.05, 0) is 0 Å². The smallest absolute Gasteiger partial charge is 0.418 e. The lowest BCUT2D eigenvalue weighted by atomic mass is 10.3. The third-order valence-corrected chi connectivity index (χ3v) is 0. The van der Waals surface area contributed by atoms with E-state index in [0.717, 1.165) is 0 Å². The van der Waals surface area contributed by atoms with E-state index >= 15 is 0 Å². The molecule has 0 aromatic heterocycles. The summed E-state index contributed by atoms with van der Waals surface area (Å²) in [5.74, 6) is 0. The summed E-state index contributed by atoms with van der Waals surface area (Å²) in [6.07, 6.45) is 0. The van der Waals surface area contributed by atoms with Crippen LogP contribution in [0.25, 0.3) is 0 Å². The Morgan fingerprint density at radius 3 is 1.11 bits per heavy atom. The zero-order valence-corrected chi connectivity index (χ0v) is 4.69.